The Morgan fingerprint density at radius 2 is 1.80 bits per heavy atom. The maximum Gasteiger partial charge on any atom is 0.268 e. The van der Waals surface area contributed by atoms with Gasteiger partial charge in [-0.15, -0.1) is 0 Å². The summed E-state index contributed by atoms with van der Waals surface area (Å²) < 4.78 is 25.1. The highest BCUT2D eigenvalue weighted by Crippen LogP contribution is 2.59. The third kappa shape index (κ3) is 0.590. The molecule has 2 aliphatic carbocycles. The minimum atomic E-state index is -2.54. The number of nitrogens with two attached hydrogens (primary N) is 1. The van der Waals surface area contributed by atoms with Gasteiger partial charge >= 0.3 is 0 Å². The monoisotopic (exact) mass is 147 g/mol. The van der Waals surface area contributed by atoms with Crippen LogP contribution in [0.1, 0.15) is 25.7 Å². The van der Waals surface area contributed by atoms with Crippen LogP contribution in [0.5, 0.6) is 0 Å². The Hall–Kier alpha value is -0.180. The lowest BCUT2D eigenvalue weighted by molar-refractivity contribution is 0.0559. The molecule has 2 fully saturated rings. The largest absolute Gasteiger partial charge is 0.320 e. The summed E-state index contributed by atoms with van der Waals surface area (Å²) in [6.45, 7) is 0. The molecule has 0 aliphatic heterocycles. The van der Waals surface area contributed by atoms with Crippen molar-refractivity contribution < 1.29 is 8.78 Å². The van der Waals surface area contributed by atoms with Gasteiger partial charge < -0.3 is 5.73 Å². The fourth-order valence-electron chi connectivity index (χ4n) is 1.69. The van der Waals surface area contributed by atoms with Crippen LogP contribution in [0.25, 0.3) is 0 Å². The molecule has 2 aliphatic rings. The van der Waals surface area contributed by atoms with Gasteiger partial charge in [-0.3, -0.25) is 0 Å². The Bertz CT molecular complexity index is 165. The fraction of sp³-hybridized carbons (Fsp3) is 1.00. The second-order valence-corrected chi connectivity index (χ2v) is 3.55. The van der Waals surface area contributed by atoms with Gasteiger partial charge in [0, 0.05) is 6.42 Å². The molecule has 0 aromatic carbocycles. The molecule has 0 saturated heterocycles. The van der Waals surface area contributed by atoms with E-state index < -0.39 is 11.5 Å². The minimum Gasteiger partial charge on any atom is -0.320 e. The number of alkyl halides is 2. The average Bonchev–Trinajstić information content (AvgIpc) is 1.98. The van der Waals surface area contributed by atoms with Crippen LogP contribution in [0.3, 0.4) is 0 Å². The summed E-state index contributed by atoms with van der Waals surface area (Å²) in [6, 6.07) is 0. The highest BCUT2D eigenvalue weighted by Gasteiger charge is 2.72. The van der Waals surface area contributed by atoms with Crippen LogP contribution in [-0.2, 0) is 0 Å². The van der Waals surface area contributed by atoms with Crippen LogP contribution < -0.4 is 5.73 Å². The van der Waals surface area contributed by atoms with Crippen LogP contribution in [0.2, 0.25) is 0 Å². The molecule has 0 heterocycles. The molecule has 10 heavy (non-hydrogen) atoms. The van der Waals surface area contributed by atoms with Crippen LogP contribution >= 0.6 is 0 Å². The van der Waals surface area contributed by atoms with Crippen molar-refractivity contribution in [3.05, 3.63) is 0 Å². The summed E-state index contributed by atoms with van der Waals surface area (Å²) in [4.78, 5) is 0. The fourth-order valence-corrected chi connectivity index (χ4v) is 1.69. The van der Waals surface area contributed by atoms with Crippen molar-refractivity contribution in [2.45, 2.75) is 37.1 Å². The second-order valence-electron chi connectivity index (χ2n) is 3.55. The third-order valence-electron chi connectivity index (χ3n) is 2.90. The predicted octanol–water partition coefficient (Wildman–Crippen LogP) is 1.52. The first-order valence-electron chi connectivity index (χ1n) is 3.73. The SMILES string of the molecule is NC1(C2CCC2)CC1(F)F. The molecule has 1 nitrogen and oxygen atoms in total. The van der Waals surface area contributed by atoms with Crippen molar-refractivity contribution in [3.8, 4) is 0 Å². The van der Waals surface area contributed by atoms with E-state index in [1.54, 1.807) is 0 Å². The molecule has 0 bridgehead atoms. The first-order valence-corrected chi connectivity index (χ1v) is 3.73. The Morgan fingerprint density at radius 3 is 1.90 bits per heavy atom. The topological polar surface area (TPSA) is 26.0 Å². The van der Waals surface area contributed by atoms with E-state index >= 15 is 0 Å². The molecule has 1 unspecified atom stereocenters. The molecular formula is C7H11F2N. The highest BCUT2D eigenvalue weighted by molar-refractivity contribution is 5.20. The van der Waals surface area contributed by atoms with E-state index in [1.165, 1.54) is 0 Å². The van der Waals surface area contributed by atoms with Gasteiger partial charge in [0.1, 0.15) is 0 Å². The number of hydrogen-bond donors (Lipinski definition) is 1. The molecule has 2 saturated carbocycles. The van der Waals surface area contributed by atoms with E-state index in [-0.39, 0.29) is 12.3 Å². The van der Waals surface area contributed by atoms with Gasteiger partial charge in [0.25, 0.3) is 5.92 Å². The van der Waals surface area contributed by atoms with Gasteiger partial charge in [-0.2, -0.15) is 0 Å². The summed E-state index contributed by atoms with van der Waals surface area (Å²) >= 11 is 0. The summed E-state index contributed by atoms with van der Waals surface area (Å²) in [6.07, 6.45) is 2.82. The van der Waals surface area contributed by atoms with Crippen molar-refractivity contribution in [1.29, 1.82) is 0 Å². The van der Waals surface area contributed by atoms with Crippen molar-refractivity contribution in [3.63, 3.8) is 0 Å². The van der Waals surface area contributed by atoms with Gasteiger partial charge in [0.05, 0.1) is 5.54 Å². The Labute approximate surface area is 58.6 Å². The first kappa shape index (κ1) is 6.53. The van der Waals surface area contributed by atoms with E-state index in [2.05, 4.69) is 0 Å². The van der Waals surface area contributed by atoms with Crippen LogP contribution in [0.4, 0.5) is 8.78 Å². The molecular weight excluding hydrogens is 136 g/mol. The second kappa shape index (κ2) is 1.52. The molecule has 2 rings (SSSR count). The van der Waals surface area contributed by atoms with Crippen LogP contribution in [0.15, 0.2) is 0 Å². The van der Waals surface area contributed by atoms with E-state index in [1.807, 2.05) is 0 Å². The third-order valence-corrected chi connectivity index (χ3v) is 2.90. The van der Waals surface area contributed by atoms with E-state index in [4.69, 9.17) is 5.73 Å². The Kier molecular flexibility index (Phi) is 0.994. The number of rotatable bonds is 1. The minimum absolute atomic E-state index is 0.0787. The van der Waals surface area contributed by atoms with Crippen LogP contribution in [0, 0.1) is 5.92 Å². The van der Waals surface area contributed by atoms with Gasteiger partial charge in [0.2, 0.25) is 0 Å². The standard InChI is InChI=1S/C7H11F2N/c8-7(9)4-6(7,10)5-2-1-3-5/h5H,1-4,10H2. The van der Waals surface area contributed by atoms with Gasteiger partial charge in [-0.25, -0.2) is 8.78 Å². The molecule has 0 aromatic rings. The summed E-state index contributed by atoms with van der Waals surface area (Å²) in [5.41, 5.74) is 4.39. The summed E-state index contributed by atoms with van der Waals surface area (Å²) in [5.74, 6) is -2.43. The molecule has 3 heteroatoms. The molecule has 2 N–H and O–H groups in total. The Morgan fingerprint density at radius 1 is 1.30 bits per heavy atom. The lowest BCUT2D eigenvalue weighted by Gasteiger charge is -2.31. The molecule has 0 amide bonds. The number of halogens is 2. The number of hydrogen-bond acceptors (Lipinski definition) is 1. The normalized spacial score (nSPS) is 44.7. The smallest absolute Gasteiger partial charge is 0.268 e. The van der Waals surface area contributed by atoms with Crippen LogP contribution in [-0.4, -0.2) is 11.5 Å². The predicted molar refractivity (Wildman–Crippen MR) is 33.8 cm³/mol. The highest BCUT2D eigenvalue weighted by atomic mass is 19.3. The quantitative estimate of drug-likeness (QED) is 0.598. The molecule has 0 aromatic heterocycles. The zero-order valence-corrected chi connectivity index (χ0v) is 5.74. The molecule has 0 radical (unpaired) electrons. The Balaban J connectivity index is 2.05. The van der Waals surface area contributed by atoms with Gasteiger partial charge in [0.15, 0.2) is 0 Å². The lowest BCUT2D eigenvalue weighted by atomic mass is 9.78. The summed E-state index contributed by atoms with van der Waals surface area (Å²) in [5, 5.41) is 0. The van der Waals surface area contributed by atoms with Gasteiger partial charge in [-0.05, 0) is 18.8 Å². The maximum absolute atomic E-state index is 12.5. The maximum atomic E-state index is 12.5. The molecule has 58 valence electrons. The zero-order chi connectivity index (χ0) is 7.41. The van der Waals surface area contributed by atoms with E-state index in [9.17, 15) is 8.78 Å². The average molecular weight is 147 g/mol. The molecule has 1 atom stereocenters. The lowest BCUT2D eigenvalue weighted by Crippen LogP contribution is -2.42. The van der Waals surface area contributed by atoms with E-state index in [0.29, 0.717) is 0 Å². The van der Waals surface area contributed by atoms with Crippen molar-refractivity contribution in [1.82, 2.24) is 0 Å². The van der Waals surface area contributed by atoms with Crippen molar-refractivity contribution in [2.24, 2.45) is 11.7 Å². The molecule has 0 spiro atoms. The van der Waals surface area contributed by atoms with Crippen molar-refractivity contribution >= 4 is 0 Å². The summed E-state index contributed by atoms with van der Waals surface area (Å²) in [7, 11) is 0. The first-order chi connectivity index (χ1) is 4.56. The van der Waals surface area contributed by atoms with E-state index in [0.717, 1.165) is 19.3 Å². The zero-order valence-electron chi connectivity index (χ0n) is 5.74. The van der Waals surface area contributed by atoms with Crippen molar-refractivity contribution in [2.75, 3.05) is 0 Å². The van der Waals surface area contributed by atoms with Gasteiger partial charge in [-0.1, -0.05) is 6.42 Å².